The molecule has 78 valence electrons. The van der Waals surface area contributed by atoms with E-state index in [1.807, 2.05) is 6.92 Å². The topological polar surface area (TPSA) is 35.8 Å². The molecule has 2 heteroatoms. The van der Waals surface area contributed by atoms with Crippen molar-refractivity contribution in [2.75, 3.05) is 13.1 Å². The Morgan fingerprint density at radius 3 is 3.07 bits per heavy atom. The molecule has 1 N–H and O–H groups in total. The lowest BCUT2D eigenvalue weighted by molar-refractivity contribution is 0.586. The molecule has 0 radical (unpaired) electrons. The molecule has 0 heterocycles. The Hall–Kier alpha value is -0.810. The maximum atomic E-state index is 8.58. The van der Waals surface area contributed by atoms with Crippen molar-refractivity contribution in [1.29, 1.82) is 5.26 Å². The van der Waals surface area contributed by atoms with E-state index in [4.69, 9.17) is 5.26 Å². The largest absolute Gasteiger partial charge is 0.315 e. The van der Waals surface area contributed by atoms with Gasteiger partial charge in [0.2, 0.25) is 0 Å². The van der Waals surface area contributed by atoms with Crippen LogP contribution in [0.4, 0.5) is 0 Å². The fourth-order valence-corrected chi connectivity index (χ4v) is 1.74. The molecule has 0 aliphatic heterocycles. The van der Waals surface area contributed by atoms with Crippen molar-refractivity contribution < 1.29 is 0 Å². The normalized spacial score (nSPS) is 18.4. The zero-order valence-electron chi connectivity index (χ0n) is 9.05. The molecular weight excluding hydrogens is 172 g/mol. The summed E-state index contributed by atoms with van der Waals surface area (Å²) in [5, 5.41) is 11.9. The molecule has 1 atom stereocenters. The summed E-state index contributed by atoms with van der Waals surface area (Å²) in [7, 11) is 0. The lowest BCUT2D eigenvalue weighted by Crippen LogP contribution is -2.21. The molecule has 0 bridgehead atoms. The van der Waals surface area contributed by atoms with Crippen LogP contribution in [0.3, 0.4) is 0 Å². The quantitative estimate of drug-likeness (QED) is 0.537. The minimum atomic E-state index is 0.135. The van der Waals surface area contributed by atoms with E-state index in [-0.39, 0.29) is 5.92 Å². The summed E-state index contributed by atoms with van der Waals surface area (Å²) < 4.78 is 0. The molecule has 14 heavy (non-hydrogen) atoms. The van der Waals surface area contributed by atoms with Crippen LogP contribution in [0.1, 0.15) is 39.0 Å². The minimum absolute atomic E-state index is 0.135. The second-order valence-corrected chi connectivity index (χ2v) is 4.09. The van der Waals surface area contributed by atoms with Gasteiger partial charge in [0, 0.05) is 6.54 Å². The van der Waals surface area contributed by atoms with Crippen molar-refractivity contribution in [3.8, 4) is 6.07 Å². The Morgan fingerprint density at radius 1 is 1.57 bits per heavy atom. The second kappa shape index (κ2) is 6.62. The van der Waals surface area contributed by atoms with Crippen LogP contribution in [-0.4, -0.2) is 13.1 Å². The van der Waals surface area contributed by atoms with Crippen molar-refractivity contribution in [2.24, 2.45) is 5.92 Å². The van der Waals surface area contributed by atoms with Gasteiger partial charge < -0.3 is 5.32 Å². The zero-order chi connectivity index (χ0) is 10.2. The summed E-state index contributed by atoms with van der Waals surface area (Å²) in [5.74, 6) is 0.135. The Bertz CT molecular complexity index is 225. The fourth-order valence-electron chi connectivity index (χ4n) is 1.74. The molecular formula is C12H20N2. The molecule has 0 spiro atoms. The summed E-state index contributed by atoms with van der Waals surface area (Å²) in [6.07, 6.45) is 8.83. The summed E-state index contributed by atoms with van der Waals surface area (Å²) >= 11 is 0. The van der Waals surface area contributed by atoms with Crippen LogP contribution >= 0.6 is 0 Å². The number of rotatable bonds is 5. The van der Waals surface area contributed by atoms with Gasteiger partial charge in [0.25, 0.3) is 0 Å². The highest BCUT2D eigenvalue weighted by Crippen LogP contribution is 2.19. The summed E-state index contributed by atoms with van der Waals surface area (Å²) in [6.45, 7) is 3.80. The first-order chi connectivity index (χ1) is 6.83. The van der Waals surface area contributed by atoms with Gasteiger partial charge in [-0.05, 0) is 45.6 Å². The molecule has 0 aromatic rings. The van der Waals surface area contributed by atoms with Crippen LogP contribution < -0.4 is 5.32 Å². The summed E-state index contributed by atoms with van der Waals surface area (Å²) in [5.41, 5.74) is 1.60. The van der Waals surface area contributed by atoms with Crippen LogP contribution in [-0.2, 0) is 0 Å². The first-order valence-corrected chi connectivity index (χ1v) is 5.61. The van der Waals surface area contributed by atoms with Crippen molar-refractivity contribution in [3.05, 3.63) is 11.6 Å². The highest BCUT2D eigenvalue weighted by Gasteiger charge is 2.03. The van der Waals surface area contributed by atoms with Crippen molar-refractivity contribution >= 4 is 0 Å². The SMILES string of the molecule is CC(C#N)CNCCC1=CCCCC1. The monoisotopic (exact) mass is 192 g/mol. The smallest absolute Gasteiger partial charge is 0.0666 e. The van der Waals surface area contributed by atoms with Crippen LogP contribution in [0, 0.1) is 17.2 Å². The van der Waals surface area contributed by atoms with Gasteiger partial charge in [0.1, 0.15) is 0 Å². The Morgan fingerprint density at radius 2 is 2.43 bits per heavy atom. The van der Waals surface area contributed by atoms with Crippen LogP contribution in [0.25, 0.3) is 0 Å². The third-order valence-corrected chi connectivity index (χ3v) is 2.68. The van der Waals surface area contributed by atoms with Crippen molar-refractivity contribution in [2.45, 2.75) is 39.0 Å². The molecule has 1 aliphatic rings. The summed E-state index contributed by atoms with van der Waals surface area (Å²) in [4.78, 5) is 0. The molecule has 0 aromatic heterocycles. The minimum Gasteiger partial charge on any atom is -0.315 e. The van der Waals surface area contributed by atoms with Crippen LogP contribution in [0.2, 0.25) is 0 Å². The number of nitriles is 1. The average molecular weight is 192 g/mol. The first kappa shape index (κ1) is 11.3. The molecule has 1 unspecified atom stereocenters. The predicted molar refractivity (Wildman–Crippen MR) is 58.8 cm³/mol. The van der Waals surface area contributed by atoms with Gasteiger partial charge in [-0.15, -0.1) is 0 Å². The Kier molecular flexibility index (Phi) is 5.32. The molecule has 1 aliphatic carbocycles. The lowest BCUT2D eigenvalue weighted by atomic mass is 9.97. The van der Waals surface area contributed by atoms with Gasteiger partial charge in [-0.25, -0.2) is 0 Å². The highest BCUT2D eigenvalue weighted by atomic mass is 14.8. The molecule has 1 rings (SSSR count). The average Bonchev–Trinajstić information content (AvgIpc) is 2.25. The second-order valence-electron chi connectivity index (χ2n) is 4.09. The van der Waals surface area contributed by atoms with E-state index in [0.29, 0.717) is 0 Å². The molecule has 0 amide bonds. The van der Waals surface area contributed by atoms with Gasteiger partial charge in [0.05, 0.1) is 12.0 Å². The van der Waals surface area contributed by atoms with Crippen molar-refractivity contribution in [3.63, 3.8) is 0 Å². The Balaban J connectivity index is 2.04. The number of nitrogens with one attached hydrogen (secondary N) is 1. The third-order valence-electron chi connectivity index (χ3n) is 2.68. The predicted octanol–water partition coefficient (Wildman–Crippen LogP) is 2.63. The third kappa shape index (κ3) is 4.43. The maximum Gasteiger partial charge on any atom is 0.0666 e. The van der Waals surface area contributed by atoms with E-state index in [2.05, 4.69) is 17.5 Å². The number of allylic oxidation sites excluding steroid dienone is 1. The van der Waals surface area contributed by atoms with Gasteiger partial charge in [-0.1, -0.05) is 11.6 Å². The van der Waals surface area contributed by atoms with Gasteiger partial charge in [-0.2, -0.15) is 5.26 Å². The van der Waals surface area contributed by atoms with Gasteiger partial charge >= 0.3 is 0 Å². The number of hydrogen-bond acceptors (Lipinski definition) is 2. The van der Waals surface area contributed by atoms with E-state index < -0.39 is 0 Å². The standard InChI is InChI=1S/C12H20N2/c1-11(9-13)10-14-8-7-12-5-3-2-4-6-12/h5,11,14H,2-4,6-8,10H2,1H3. The highest BCUT2D eigenvalue weighted by molar-refractivity contribution is 5.05. The molecule has 0 aromatic carbocycles. The zero-order valence-corrected chi connectivity index (χ0v) is 9.05. The molecule has 0 fully saturated rings. The van der Waals surface area contributed by atoms with Gasteiger partial charge in [0.15, 0.2) is 0 Å². The van der Waals surface area contributed by atoms with E-state index in [1.54, 1.807) is 5.57 Å². The van der Waals surface area contributed by atoms with E-state index in [1.165, 1.54) is 25.7 Å². The van der Waals surface area contributed by atoms with Gasteiger partial charge in [-0.3, -0.25) is 0 Å². The van der Waals surface area contributed by atoms with E-state index in [9.17, 15) is 0 Å². The fraction of sp³-hybridized carbons (Fsp3) is 0.750. The van der Waals surface area contributed by atoms with E-state index >= 15 is 0 Å². The number of nitrogens with zero attached hydrogens (tertiary/aromatic N) is 1. The Labute approximate surface area is 87.0 Å². The van der Waals surface area contributed by atoms with Crippen molar-refractivity contribution in [1.82, 2.24) is 5.32 Å². The molecule has 0 saturated carbocycles. The first-order valence-electron chi connectivity index (χ1n) is 5.61. The summed E-state index contributed by atoms with van der Waals surface area (Å²) in [6, 6.07) is 2.23. The maximum absolute atomic E-state index is 8.58. The molecule has 2 nitrogen and oxygen atoms in total. The molecule has 0 saturated heterocycles. The van der Waals surface area contributed by atoms with Crippen LogP contribution in [0.15, 0.2) is 11.6 Å². The van der Waals surface area contributed by atoms with E-state index in [0.717, 1.165) is 19.5 Å². The van der Waals surface area contributed by atoms with Crippen LogP contribution in [0.5, 0.6) is 0 Å². The lowest BCUT2D eigenvalue weighted by Gasteiger charge is -2.13. The number of hydrogen-bond donors (Lipinski definition) is 1.